The molecule has 0 spiro atoms. The Balaban J connectivity index is 1.44. The molecule has 0 amide bonds. The first kappa shape index (κ1) is 21.2. The third kappa shape index (κ3) is 5.17. The van der Waals surface area contributed by atoms with E-state index >= 15 is 0 Å². The molecule has 0 atom stereocenters. The van der Waals surface area contributed by atoms with Gasteiger partial charge in [0.25, 0.3) is 0 Å². The maximum atomic E-state index is 12.6. The Hall–Kier alpha value is -3.06. The van der Waals surface area contributed by atoms with Crippen LogP contribution in [0.4, 0.5) is 24.9 Å². The van der Waals surface area contributed by atoms with E-state index < -0.39 is 6.36 Å². The maximum Gasteiger partial charge on any atom is 0.573 e. The molecule has 5 rings (SSSR count). The molecule has 2 N–H and O–H groups in total. The molecule has 10 heteroatoms. The van der Waals surface area contributed by atoms with Crippen LogP contribution in [0, 0.1) is 16.7 Å². The minimum atomic E-state index is -4.77. The van der Waals surface area contributed by atoms with Gasteiger partial charge < -0.3 is 20.3 Å². The van der Waals surface area contributed by atoms with Crippen molar-refractivity contribution in [3.8, 4) is 11.8 Å². The summed E-state index contributed by atoms with van der Waals surface area (Å²) in [5.74, 6) is 0.374. The van der Waals surface area contributed by atoms with Crippen molar-refractivity contribution in [1.29, 1.82) is 5.26 Å². The summed E-state index contributed by atoms with van der Waals surface area (Å²) in [7, 11) is 0. The third-order valence-electron chi connectivity index (χ3n) is 6.05. The third-order valence-corrected chi connectivity index (χ3v) is 6.05. The molecular formula is C21H23F3N6O. The van der Waals surface area contributed by atoms with Crippen LogP contribution in [0.2, 0.25) is 0 Å². The zero-order valence-electron chi connectivity index (χ0n) is 16.9. The molecule has 0 aliphatic carbocycles. The highest BCUT2D eigenvalue weighted by atomic mass is 19.4. The zero-order chi connectivity index (χ0) is 21.9. The Labute approximate surface area is 178 Å². The van der Waals surface area contributed by atoms with Gasteiger partial charge in [0, 0.05) is 18.7 Å². The number of benzene rings is 1. The average molecular weight is 432 g/mol. The highest BCUT2D eigenvalue weighted by Gasteiger charge is 2.39. The molecule has 0 radical (unpaired) electrons. The second-order valence-electron chi connectivity index (χ2n) is 8.02. The second kappa shape index (κ2) is 8.59. The van der Waals surface area contributed by atoms with Crippen molar-refractivity contribution in [3.63, 3.8) is 0 Å². The Morgan fingerprint density at radius 3 is 2.52 bits per heavy atom. The van der Waals surface area contributed by atoms with Crippen molar-refractivity contribution in [3.05, 3.63) is 41.6 Å². The minimum Gasteiger partial charge on any atom is -0.405 e. The van der Waals surface area contributed by atoms with E-state index in [1.165, 1.54) is 24.4 Å². The first-order chi connectivity index (χ1) is 14.9. The molecule has 164 valence electrons. The molecule has 4 heterocycles. The lowest BCUT2D eigenvalue weighted by molar-refractivity contribution is -0.274. The normalized spacial score (nSPS) is 22.6. The number of hydrogen-bond acceptors (Lipinski definition) is 7. The van der Waals surface area contributed by atoms with E-state index in [0.29, 0.717) is 16.9 Å². The fourth-order valence-corrected chi connectivity index (χ4v) is 4.16. The van der Waals surface area contributed by atoms with Crippen LogP contribution in [-0.2, 0) is 6.54 Å². The predicted molar refractivity (Wildman–Crippen MR) is 108 cm³/mol. The lowest BCUT2D eigenvalue weighted by atomic mass is 9.72. The van der Waals surface area contributed by atoms with Crippen LogP contribution in [-0.4, -0.2) is 47.4 Å². The lowest BCUT2D eigenvalue weighted by Crippen LogP contribution is -2.51. The van der Waals surface area contributed by atoms with Crippen molar-refractivity contribution < 1.29 is 17.9 Å². The quantitative estimate of drug-likeness (QED) is 0.689. The van der Waals surface area contributed by atoms with Gasteiger partial charge in [0.05, 0.1) is 6.20 Å². The number of hydrogen-bond donors (Lipinski definition) is 2. The van der Waals surface area contributed by atoms with Crippen LogP contribution in [0.5, 0.6) is 5.75 Å². The number of nitrogens with zero attached hydrogens (tertiary/aromatic N) is 4. The number of nitriles is 1. The average Bonchev–Trinajstić information content (AvgIpc) is 2.77. The van der Waals surface area contributed by atoms with Gasteiger partial charge in [0.1, 0.15) is 23.2 Å². The number of rotatable bonds is 7. The highest BCUT2D eigenvalue weighted by molar-refractivity contribution is 5.53. The number of aromatic nitrogens is 2. The summed E-state index contributed by atoms with van der Waals surface area (Å²) in [6.07, 6.45) is -0.0000488. The van der Waals surface area contributed by atoms with Crippen LogP contribution in [0.1, 0.15) is 30.4 Å². The SMILES string of the molecule is N#Cc1cnc(NCc2ccccc2OC(F)(F)F)nc1NCC12CCN(CC1)CC2. The number of para-hydroxylation sites is 1. The van der Waals surface area contributed by atoms with Gasteiger partial charge in [-0.2, -0.15) is 10.2 Å². The van der Waals surface area contributed by atoms with Gasteiger partial charge in [-0.3, -0.25) is 0 Å². The maximum absolute atomic E-state index is 12.6. The predicted octanol–water partition coefficient (Wildman–Crippen LogP) is 3.76. The molecule has 2 bridgehead atoms. The minimum absolute atomic E-state index is 0.0391. The van der Waals surface area contributed by atoms with E-state index in [1.54, 1.807) is 6.07 Å². The standard InChI is InChI=1S/C21H23F3N6O/c22-21(23,24)31-17-4-2-1-3-15(17)12-26-19-27-13-16(11-25)18(29-19)28-14-20-5-8-30(9-6-20)10-7-20/h1-4,13H,5-10,12,14H2,(H2,26,27,28,29). The van der Waals surface area contributed by atoms with E-state index in [0.717, 1.165) is 45.4 Å². The number of alkyl halides is 3. The lowest BCUT2D eigenvalue weighted by Gasteiger charge is -2.48. The Morgan fingerprint density at radius 1 is 1.13 bits per heavy atom. The molecule has 3 aliphatic rings. The molecular weight excluding hydrogens is 409 g/mol. The summed E-state index contributed by atoms with van der Waals surface area (Å²) < 4.78 is 41.9. The van der Waals surface area contributed by atoms with Crippen molar-refractivity contribution in [2.75, 3.05) is 36.8 Å². The van der Waals surface area contributed by atoms with Gasteiger partial charge in [-0.25, -0.2) is 4.98 Å². The fourth-order valence-electron chi connectivity index (χ4n) is 4.16. The van der Waals surface area contributed by atoms with E-state index in [9.17, 15) is 18.4 Å². The van der Waals surface area contributed by atoms with Gasteiger partial charge in [-0.05, 0) is 50.4 Å². The van der Waals surface area contributed by atoms with Crippen molar-refractivity contribution >= 4 is 11.8 Å². The second-order valence-corrected chi connectivity index (χ2v) is 8.02. The molecule has 1 aromatic heterocycles. The number of halogens is 3. The van der Waals surface area contributed by atoms with Gasteiger partial charge >= 0.3 is 6.36 Å². The first-order valence-corrected chi connectivity index (χ1v) is 10.2. The summed E-state index contributed by atoms with van der Waals surface area (Å²) in [5, 5.41) is 15.7. The van der Waals surface area contributed by atoms with Crippen LogP contribution in [0.25, 0.3) is 0 Å². The highest BCUT2D eigenvalue weighted by Crippen LogP contribution is 2.40. The largest absolute Gasteiger partial charge is 0.573 e. The monoisotopic (exact) mass is 432 g/mol. The number of anilines is 2. The Morgan fingerprint density at radius 2 is 1.84 bits per heavy atom. The summed E-state index contributed by atoms with van der Waals surface area (Å²) >= 11 is 0. The zero-order valence-corrected chi connectivity index (χ0v) is 16.9. The summed E-state index contributed by atoms with van der Waals surface area (Å²) in [4.78, 5) is 11.0. The van der Waals surface area contributed by atoms with Crippen molar-refractivity contribution in [2.45, 2.75) is 32.2 Å². The fraction of sp³-hybridized carbons (Fsp3) is 0.476. The number of nitrogens with one attached hydrogen (secondary N) is 2. The summed E-state index contributed by atoms with van der Waals surface area (Å²) in [6.45, 7) is 4.07. The van der Waals surface area contributed by atoms with Gasteiger partial charge in [0.15, 0.2) is 0 Å². The first-order valence-electron chi connectivity index (χ1n) is 10.2. The smallest absolute Gasteiger partial charge is 0.405 e. The number of piperidine rings is 3. The molecule has 3 aliphatic heterocycles. The van der Waals surface area contributed by atoms with Gasteiger partial charge in [0.2, 0.25) is 5.95 Å². The van der Waals surface area contributed by atoms with Gasteiger partial charge in [-0.15, -0.1) is 13.2 Å². The molecule has 7 nitrogen and oxygen atoms in total. The van der Waals surface area contributed by atoms with Crippen molar-refractivity contribution in [2.24, 2.45) is 5.41 Å². The number of ether oxygens (including phenoxy) is 1. The molecule has 0 saturated carbocycles. The molecule has 0 unspecified atom stereocenters. The molecule has 31 heavy (non-hydrogen) atoms. The van der Waals surface area contributed by atoms with Crippen LogP contribution >= 0.6 is 0 Å². The van der Waals surface area contributed by atoms with Crippen LogP contribution in [0.3, 0.4) is 0 Å². The van der Waals surface area contributed by atoms with E-state index in [-0.39, 0.29) is 23.7 Å². The van der Waals surface area contributed by atoms with E-state index in [2.05, 4.69) is 36.3 Å². The summed E-state index contributed by atoms with van der Waals surface area (Å²) in [6, 6.07) is 7.98. The Kier molecular flexibility index (Phi) is 5.87. The van der Waals surface area contributed by atoms with Crippen molar-refractivity contribution in [1.82, 2.24) is 14.9 Å². The van der Waals surface area contributed by atoms with Crippen LogP contribution in [0.15, 0.2) is 30.5 Å². The molecule has 1 aromatic carbocycles. The van der Waals surface area contributed by atoms with E-state index in [1.807, 2.05) is 0 Å². The van der Waals surface area contributed by atoms with Gasteiger partial charge in [-0.1, -0.05) is 18.2 Å². The summed E-state index contributed by atoms with van der Waals surface area (Å²) in [5.41, 5.74) is 0.861. The molecule has 3 fully saturated rings. The molecule has 2 aromatic rings. The van der Waals surface area contributed by atoms with Crippen LogP contribution < -0.4 is 15.4 Å². The topological polar surface area (TPSA) is 86.1 Å². The number of fused-ring (bicyclic) bond motifs is 3. The Bertz CT molecular complexity index is 953. The molecule has 3 saturated heterocycles. The van der Waals surface area contributed by atoms with E-state index in [4.69, 9.17) is 0 Å².